The van der Waals surface area contributed by atoms with Gasteiger partial charge in [-0.25, -0.2) is 0 Å². The second kappa shape index (κ2) is 9.08. The van der Waals surface area contributed by atoms with Crippen LogP contribution in [-0.2, 0) is 4.79 Å². The largest absolute Gasteiger partial charge is 0.457 e. The predicted octanol–water partition coefficient (Wildman–Crippen LogP) is 3.56. The lowest BCUT2D eigenvalue weighted by molar-refractivity contribution is -0.703. The Morgan fingerprint density at radius 2 is 1.67 bits per heavy atom. The summed E-state index contributed by atoms with van der Waals surface area (Å²) in [6, 6.07) is 17.4. The smallest absolute Gasteiger partial charge is 0.282 e. The minimum absolute atomic E-state index is 0.0229. The zero-order valence-electron chi connectivity index (χ0n) is 14.7. The molecule has 0 heterocycles. The molecular weight excluding hydrogens is 300 g/mol. The van der Waals surface area contributed by atoms with E-state index in [9.17, 15) is 4.79 Å². The van der Waals surface area contributed by atoms with Gasteiger partial charge in [0.1, 0.15) is 11.5 Å². The number of para-hydroxylation sites is 1. The van der Waals surface area contributed by atoms with Gasteiger partial charge in [-0.05, 0) is 56.7 Å². The number of ether oxygens (including phenoxy) is 1. The first-order chi connectivity index (χ1) is 11.6. The molecule has 0 unspecified atom stereocenters. The van der Waals surface area contributed by atoms with E-state index >= 15 is 0 Å². The maximum atomic E-state index is 12.3. The fourth-order valence-corrected chi connectivity index (χ4v) is 2.62. The fourth-order valence-electron chi connectivity index (χ4n) is 2.62. The van der Waals surface area contributed by atoms with Crippen LogP contribution in [0.1, 0.15) is 33.6 Å². The summed E-state index contributed by atoms with van der Waals surface area (Å²) in [4.78, 5) is 12.3. The molecule has 24 heavy (non-hydrogen) atoms. The van der Waals surface area contributed by atoms with E-state index in [4.69, 9.17) is 4.74 Å². The van der Waals surface area contributed by atoms with E-state index in [-0.39, 0.29) is 11.9 Å². The summed E-state index contributed by atoms with van der Waals surface area (Å²) in [5.74, 6) is 1.56. The maximum Gasteiger partial charge on any atom is 0.282 e. The van der Waals surface area contributed by atoms with E-state index in [2.05, 4.69) is 24.5 Å². The topological polar surface area (TPSA) is 54.9 Å². The molecule has 0 aliphatic heterocycles. The highest BCUT2D eigenvalue weighted by molar-refractivity contribution is 5.93. The minimum atomic E-state index is -0.105. The van der Waals surface area contributed by atoms with Crippen molar-refractivity contribution in [1.82, 2.24) is 0 Å². The zero-order chi connectivity index (χ0) is 17.4. The first-order valence-electron chi connectivity index (χ1n) is 8.57. The number of rotatable bonds is 8. The Morgan fingerprint density at radius 3 is 2.29 bits per heavy atom. The van der Waals surface area contributed by atoms with E-state index in [1.54, 1.807) is 0 Å². The van der Waals surface area contributed by atoms with Gasteiger partial charge in [-0.15, -0.1) is 0 Å². The van der Waals surface area contributed by atoms with Crippen molar-refractivity contribution in [3.05, 3.63) is 54.6 Å². The van der Waals surface area contributed by atoms with Gasteiger partial charge in [0.2, 0.25) is 0 Å². The van der Waals surface area contributed by atoms with E-state index in [1.165, 1.54) is 0 Å². The predicted molar refractivity (Wildman–Crippen MR) is 97.3 cm³/mol. The van der Waals surface area contributed by atoms with Crippen LogP contribution in [0, 0.1) is 0 Å². The van der Waals surface area contributed by atoms with Gasteiger partial charge in [-0.2, -0.15) is 0 Å². The van der Waals surface area contributed by atoms with Crippen molar-refractivity contribution >= 4 is 11.6 Å². The van der Waals surface area contributed by atoms with Crippen LogP contribution in [0.2, 0.25) is 0 Å². The zero-order valence-corrected chi connectivity index (χ0v) is 14.7. The molecule has 4 nitrogen and oxygen atoms in total. The van der Waals surface area contributed by atoms with Crippen molar-refractivity contribution in [2.75, 3.05) is 5.32 Å². The highest BCUT2D eigenvalue weighted by Gasteiger charge is 2.18. The van der Waals surface area contributed by atoms with Crippen molar-refractivity contribution < 1.29 is 14.8 Å². The number of quaternary nitrogens is 1. The molecule has 2 aromatic carbocycles. The van der Waals surface area contributed by atoms with Gasteiger partial charge in [0.25, 0.3) is 5.91 Å². The second-order valence-electron chi connectivity index (χ2n) is 6.18. The molecule has 2 atom stereocenters. The van der Waals surface area contributed by atoms with Crippen LogP contribution in [0.25, 0.3) is 0 Å². The van der Waals surface area contributed by atoms with Crippen LogP contribution in [0.5, 0.6) is 11.5 Å². The molecule has 0 aliphatic rings. The standard InChI is InChI=1S/C20H26N2O2/c1-4-8-15(2)21-16(3)20(23)22-17-11-13-19(14-12-17)24-18-9-6-5-7-10-18/h5-7,9-16,21H,4,8H2,1-3H3,(H,22,23)/p+1/t15-,16+/m1/s1. The Bertz CT molecular complexity index is 626. The number of nitrogens with two attached hydrogens (primary N) is 1. The lowest BCUT2D eigenvalue weighted by Gasteiger charge is -2.16. The molecule has 0 fully saturated rings. The van der Waals surface area contributed by atoms with Crippen molar-refractivity contribution in [1.29, 1.82) is 0 Å². The van der Waals surface area contributed by atoms with Crippen molar-refractivity contribution in [2.24, 2.45) is 0 Å². The molecule has 128 valence electrons. The Morgan fingerprint density at radius 1 is 1.04 bits per heavy atom. The average Bonchev–Trinajstić information content (AvgIpc) is 2.57. The highest BCUT2D eigenvalue weighted by Crippen LogP contribution is 2.22. The first-order valence-corrected chi connectivity index (χ1v) is 8.57. The molecule has 0 bridgehead atoms. The molecule has 0 saturated heterocycles. The van der Waals surface area contributed by atoms with Crippen LogP contribution < -0.4 is 15.4 Å². The molecule has 4 heteroatoms. The molecule has 3 N–H and O–H groups in total. The Hall–Kier alpha value is -2.33. The first kappa shape index (κ1) is 18.0. The Labute approximate surface area is 144 Å². The summed E-state index contributed by atoms with van der Waals surface area (Å²) in [7, 11) is 0. The number of carbonyl (C=O) groups is 1. The molecule has 1 amide bonds. The minimum Gasteiger partial charge on any atom is -0.457 e. The summed E-state index contributed by atoms with van der Waals surface area (Å²) < 4.78 is 5.75. The van der Waals surface area contributed by atoms with E-state index in [0.717, 1.165) is 30.0 Å². The average molecular weight is 327 g/mol. The summed E-state index contributed by atoms with van der Waals surface area (Å²) in [5.41, 5.74) is 0.781. The molecule has 2 aromatic rings. The highest BCUT2D eigenvalue weighted by atomic mass is 16.5. The van der Waals surface area contributed by atoms with Crippen LogP contribution in [-0.4, -0.2) is 18.0 Å². The quantitative estimate of drug-likeness (QED) is 0.779. The summed E-state index contributed by atoms with van der Waals surface area (Å²) in [6.45, 7) is 6.26. The van der Waals surface area contributed by atoms with Crippen molar-refractivity contribution in [2.45, 2.75) is 45.7 Å². The van der Waals surface area contributed by atoms with Crippen LogP contribution >= 0.6 is 0 Å². The molecule has 0 aromatic heterocycles. The SMILES string of the molecule is CCC[C@@H](C)[NH2+][C@@H](C)C(=O)Nc1ccc(Oc2ccccc2)cc1. The molecule has 0 spiro atoms. The number of nitrogens with one attached hydrogen (secondary N) is 1. The van der Waals surface area contributed by atoms with E-state index in [0.29, 0.717) is 6.04 Å². The Balaban J connectivity index is 1.88. The fraction of sp³-hybridized carbons (Fsp3) is 0.350. The van der Waals surface area contributed by atoms with E-state index < -0.39 is 0 Å². The number of anilines is 1. The molecule has 0 saturated carbocycles. The van der Waals surface area contributed by atoms with Crippen LogP contribution in [0.3, 0.4) is 0 Å². The maximum absolute atomic E-state index is 12.3. The van der Waals surface area contributed by atoms with Gasteiger partial charge in [0.05, 0.1) is 6.04 Å². The third-order valence-electron chi connectivity index (χ3n) is 3.88. The number of hydrogen-bond donors (Lipinski definition) is 2. The number of amides is 1. The van der Waals surface area contributed by atoms with Gasteiger partial charge < -0.3 is 15.4 Å². The third-order valence-corrected chi connectivity index (χ3v) is 3.88. The van der Waals surface area contributed by atoms with Gasteiger partial charge in [0.15, 0.2) is 6.04 Å². The van der Waals surface area contributed by atoms with Gasteiger partial charge in [0, 0.05) is 5.69 Å². The van der Waals surface area contributed by atoms with Gasteiger partial charge in [-0.1, -0.05) is 31.5 Å². The van der Waals surface area contributed by atoms with Crippen molar-refractivity contribution in [3.8, 4) is 11.5 Å². The van der Waals surface area contributed by atoms with E-state index in [1.807, 2.05) is 61.5 Å². The van der Waals surface area contributed by atoms with Crippen LogP contribution in [0.15, 0.2) is 54.6 Å². The Kier molecular flexibility index (Phi) is 6.82. The summed E-state index contributed by atoms with van der Waals surface area (Å²) in [6.07, 6.45) is 2.25. The van der Waals surface area contributed by atoms with Crippen LogP contribution in [0.4, 0.5) is 5.69 Å². The molecule has 0 aliphatic carbocycles. The summed E-state index contributed by atoms with van der Waals surface area (Å²) >= 11 is 0. The van der Waals surface area contributed by atoms with Gasteiger partial charge in [-0.3, -0.25) is 4.79 Å². The molecular formula is C20H27N2O2+. The number of carbonyl (C=O) groups excluding carboxylic acids is 1. The lowest BCUT2D eigenvalue weighted by atomic mass is 10.1. The normalized spacial score (nSPS) is 13.1. The molecule has 0 radical (unpaired) electrons. The third kappa shape index (κ3) is 5.70. The lowest BCUT2D eigenvalue weighted by Crippen LogP contribution is -2.95. The van der Waals surface area contributed by atoms with Crippen molar-refractivity contribution in [3.63, 3.8) is 0 Å². The monoisotopic (exact) mass is 327 g/mol. The van der Waals surface area contributed by atoms with Gasteiger partial charge >= 0.3 is 0 Å². The second-order valence-corrected chi connectivity index (χ2v) is 6.18. The summed E-state index contributed by atoms with van der Waals surface area (Å²) in [5, 5.41) is 5.07. The number of benzene rings is 2. The molecule has 2 rings (SSSR count). The number of hydrogen-bond acceptors (Lipinski definition) is 2.